The van der Waals surface area contributed by atoms with Crippen LogP contribution in [0.25, 0.3) is 0 Å². The van der Waals surface area contributed by atoms with Gasteiger partial charge in [-0.25, -0.2) is 0 Å². The Morgan fingerprint density at radius 2 is 1.62 bits per heavy atom. The van der Waals surface area contributed by atoms with Gasteiger partial charge in [-0.3, -0.25) is 43.4 Å². The predicted molar refractivity (Wildman–Crippen MR) is 142 cm³/mol. The second-order valence-electron chi connectivity index (χ2n) is 11.6. The van der Waals surface area contributed by atoms with Gasteiger partial charge in [-0.1, -0.05) is 24.3 Å². The number of imide groups is 1. The molecule has 0 saturated heterocycles. The number of hydrogen-bond acceptors (Lipinski definition) is 10. The lowest BCUT2D eigenvalue weighted by Gasteiger charge is -2.52. The van der Waals surface area contributed by atoms with Gasteiger partial charge in [0, 0.05) is 11.5 Å². The standard InChI is InChI=1S/C30H27N3O9/c1-32(2)21-17-10-14-9-12-7-8-13(11-33-28(40)15-5-3-4-6-16(15)29(33)41)22(34)18(12)23(35)19(14)25(37)30(17,42)26(38)20(24(21)36)27(31)39/h3-8,14,17,19-21,34,42H,9-11H2,1-2H3,(H2,31,39)/t14-,17-,19?,20?,21-,30-/m0/s1. The summed E-state index contributed by atoms with van der Waals surface area (Å²) < 4.78 is 0. The smallest absolute Gasteiger partial charge is 0.261 e. The lowest BCUT2D eigenvalue weighted by molar-refractivity contribution is -0.181. The normalized spacial score (nSPS) is 30.3. The van der Waals surface area contributed by atoms with Crippen molar-refractivity contribution in [1.29, 1.82) is 0 Å². The first kappa shape index (κ1) is 27.6. The molecule has 1 heterocycles. The van der Waals surface area contributed by atoms with Gasteiger partial charge in [-0.2, -0.15) is 0 Å². The fourth-order valence-electron chi connectivity index (χ4n) is 7.30. The lowest BCUT2D eigenvalue weighted by atomic mass is 9.52. The number of Topliss-reactive ketones (excluding diaryl/α,β-unsaturated/α-hetero) is 4. The molecule has 2 aromatic carbocycles. The Hall–Kier alpha value is -4.55. The van der Waals surface area contributed by atoms with Crippen LogP contribution in [-0.2, 0) is 32.1 Å². The average Bonchev–Trinajstić information content (AvgIpc) is 3.16. The maximum atomic E-state index is 13.9. The fraction of sp³-hybridized carbons (Fsp3) is 0.367. The monoisotopic (exact) mass is 573 g/mol. The first-order valence-corrected chi connectivity index (χ1v) is 13.4. The van der Waals surface area contributed by atoms with E-state index in [1.54, 1.807) is 18.2 Å². The first-order chi connectivity index (χ1) is 19.8. The Bertz CT molecular complexity index is 1630. The summed E-state index contributed by atoms with van der Waals surface area (Å²) in [6.45, 7) is -0.335. The summed E-state index contributed by atoms with van der Waals surface area (Å²) in [6.07, 6.45) is 0.0636. The van der Waals surface area contributed by atoms with Crippen molar-refractivity contribution in [2.75, 3.05) is 14.1 Å². The van der Waals surface area contributed by atoms with Gasteiger partial charge in [0.15, 0.2) is 34.7 Å². The van der Waals surface area contributed by atoms with E-state index in [-0.39, 0.29) is 41.6 Å². The molecule has 42 heavy (non-hydrogen) atoms. The number of fused-ring (bicyclic) bond motifs is 4. The molecule has 2 saturated carbocycles. The number of phenols is 1. The van der Waals surface area contributed by atoms with Crippen molar-refractivity contribution in [2.45, 2.75) is 31.0 Å². The van der Waals surface area contributed by atoms with E-state index in [0.717, 1.165) is 4.90 Å². The Balaban J connectivity index is 1.37. The van der Waals surface area contributed by atoms with Gasteiger partial charge >= 0.3 is 0 Å². The number of phenolic OH excluding ortho intramolecular Hbond substituents is 1. The van der Waals surface area contributed by atoms with Gasteiger partial charge in [0.05, 0.1) is 35.2 Å². The topological polar surface area (TPSA) is 192 Å². The van der Waals surface area contributed by atoms with Crippen LogP contribution in [0.4, 0.5) is 0 Å². The molecule has 1 aliphatic heterocycles. The molecule has 0 spiro atoms. The molecule has 6 rings (SSSR count). The van der Waals surface area contributed by atoms with Crippen molar-refractivity contribution >= 4 is 40.9 Å². The number of nitrogens with zero attached hydrogens (tertiary/aromatic N) is 2. The van der Waals surface area contributed by atoms with E-state index >= 15 is 0 Å². The van der Waals surface area contributed by atoms with Crippen molar-refractivity contribution in [1.82, 2.24) is 9.80 Å². The van der Waals surface area contributed by atoms with Gasteiger partial charge in [-0.05, 0) is 50.6 Å². The minimum Gasteiger partial charge on any atom is -0.507 e. The van der Waals surface area contributed by atoms with Gasteiger partial charge in [0.2, 0.25) is 5.91 Å². The Kier molecular flexibility index (Phi) is 6.07. The highest BCUT2D eigenvalue weighted by Crippen LogP contribution is 2.51. The summed E-state index contributed by atoms with van der Waals surface area (Å²) in [5, 5.41) is 22.9. The Labute approximate surface area is 239 Å². The molecule has 6 atom stereocenters. The van der Waals surface area contributed by atoms with Crippen molar-refractivity contribution in [2.24, 2.45) is 29.4 Å². The number of primary amides is 1. The molecule has 3 aliphatic carbocycles. The number of hydrogen-bond donors (Lipinski definition) is 3. The number of aliphatic hydroxyl groups is 1. The van der Waals surface area contributed by atoms with Crippen LogP contribution in [0.15, 0.2) is 36.4 Å². The van der Waals surface area contributed by atoms with Crippen LogP contribution in [0.2, 0.25) is 0 Å². The molecule has 12 nitrogen and oxygen atoms in total. The molecule has 4 aliphatic rings. The molecule has 0 aromatic heterocycles. The minimum absolute atomic E-state index is 0.0541. The first-order valence-electron chi connectivity index (χ1n) is 13.4. The number of carbonyl (C=O) groups is 7. The largest absolute Gasteiger partial charge is 0.507 e. The number of rotatable bonds is 4. The van der Waals surface area contributed by atoms with Crippen LogP contribution < -0.4 is 5.73 Å². The van der Waals surface area contributed by atoms with Crippen LogP contribution >= 0.6 is 0 Å². The zero-order valence-electron chi connectivity index (χ0n) is 22.7. The molecule has 3 amide bonds. The third kappa shape index (κ3) is 3.51. The van der Waals surface area contributed by atoms with Crippen molar-refractivity contribution in [3.05, 3.63) is 64.2 Å². The van der Waals surface area contributed by atoms with Crippen molar-refractivity contribution in [3.63, 3.8) is 0 Å². The van der Waals surface area contributed by atoms with Crippen LogP contribution in [0, 0.1) is 23.7 Å². The highest BCUT2D eigenvalue weighted by atomic mass is 16.3. The van der Waals surface area contributed by atoms with Gasteiger partial charge < -0.3 is 15.9 Å². The quantitative estimate of drug-likeness (QED) is 0.322. The summed E-state index contributed by atoms with van der Waals surface area (Å²) in [7, 11) is 3.03. The number of ketones is 4. The summed E-state index contributed by atoms with van der Waals surface area (Å²) in [6, 6.07) is 8.17. The average molecular weight is 574 g/mol. The Morgan fingerprint density at radius 1 is 1.00 bits per heavy atom. The predicted octanol–water partition coefficient (Wildman–Crippen LogP) is -0.337. The number of carbonyl (C=O) groups excluding carboxylic acids is 7. The molecule has 2 unspecified atom stereocenters. The van der Waals surface area contributed by atoms with E-state index in [1.165, 1.54) is 37.2 Å². The van der Waals surface area contributed by atoms with Crippen molar-refractivity contribution < 1.29 is 43.8 Å². The summed E-state index contributed by atoms with van der Waals surface area (Å²) in [5.41, 5.74) is 3.26. The van der Waals surface area contributed by atoms with E-state index in [4.69, 9.17) is 5.73 Å². The van der Waals surface area contributed by atoms with Crippen LogP contribution in [0.3, 0.4) is 0 Å². The molecule has 0 bridgehead atoms. The van der Waals surface area contributed by atoms with Crippen LogP contribution in [0.1, 0.15) is 48.6 Å². The van der Waals surface area contributed by atoms with E-state index in [9.17, 15) is 43.8 Å². The Morgan fingerprint density at radius 3 is 2.19 bits per heavy atom. The second kappa shape index (κ2) is 9.23. The van der Waals surface area contributed by atoms with E-state index in [2.05, 4.69) is 0 Å². The molecule has 12 heteroatoms. The number of nitrogens with two attached hydrogens (primary N) is 1. The van der Waals surface area contributed by atoms with Gasteiger partial charge in [0.1, 0.15) is 5.75 Å². The van der Waals surface area contributed by atoms with E-state index < -0.39 is 81.9 Å². The fourth-order valence-corrected chi connectivity index (χ4v) is 7.30. The third-order valence-electron chi connectivity index (χ3n) is 9.22. The molecule has 0 radical (unpaired) electrons. The molecule has 2 fully saturated rings. The molecular formula is C30H27N3O9. The van der Waals surface area contributed by atoms with Crippen molar-refractivity contribution in [3.8, 4) is 5.75 Å². The zero-order valence-corrected chi connectivity index (χ0v) is 22.7. The summed E-state index contributed by atoms with van der Waals surface area (Å²) in [5.74, 6) is -12.5. The number of benzene rings is 2. The maximum absolute atomic E-state index is 13.9. The van der Waals surface area contributed by atoms with Crippen LogP contribution in [0.5, 0.6) is 5.75 Å². The van der Waals surface area contributed by atoms with Gasteiger partial charge in [0.25, 0.3) is 11.8 Å². The van der Waals surface area contributed by atoms with E-state index in [0.29, 0.717) is 5.56 Å². The minimum atomic E-state index is -2.82. The lowest BCUT2D eigenvalue weighted by Crippen LogP contribution is -2.74. The number of aromatic hydroxyl groups is 1. The third-order valence-corrected chi connectivity index (χ3v) is 9.22. The zero-order chi connectivity index (χ0) is 30.4. The summed E-state index contributed by atoms with van der Waals surface area (Å²) >= 11 is 0. The second-order valence-corrected chi connectivity index (χ2v) is 11.6. The maximum Gasteiger partial charge on any atom is 0.261 e. The molecule has 4 N–H and O–H groups in total. The molecular weight excluding hydrogens is 546 g/mol. The highest BCUT2D eigenvalue weighted by molar-refractivity contribution is 6.32. The highest BCUT2D eigenvalue weighted by Gasteiger charge is 2.69. The molecule has 216 valence electrons. The van der Waals surface area contributed by atoms with E-state index in [1.807, 2.05) is 0 Å². The van der Waals surface area contributed by atoms with Crippen LogP contribution in [-0.4, -0.2) is 86.6 Å². The number of likely N-dealkylation sites (N-methyl/N-ethyl adjacent to an activating group) is 1. The number of amides is 3. The van der Waals surface area contributed by atoms with Gasteiger partial charge in [-0.15, -0.1) is 0 Å². The SMILES string of the molecule is CN(C)[C@@H]1C(=O)C(C(N)=O)C(=O)[C@@]2(O)C(=O)C3C(=O)c4c(ccc(CN5C(=O)c6ccccc6C5=O)c4O)C[C@H]3C[C@@H]12. The molecule has 2 aromatic rings. The summed E-state index contributed by atoms with van der Waals surface area (Å²) in [4.78, 5) is 94.5.